The predicted molar refractivity (Wildman–Crippen MR) is 82.8 cm³/mol. The minimum absolute atomic E-state index is 0.431. The van der Waals surface area contributed by atoms with Crippen molar-refractivity contribution < 1.29 is 0 Å². The van der Waals surface area contributed by atoms with E-state index in [2.05, 4.69) is 42.5 Å². The summed E-state index contributed by atoms with van der Waals surface area (Å²) in [6.45, 7) is 0. The highest BCUT2D eigenvalue weighted by Crippen LogP contribution is 2.29. The van der Waals surface area contributed by atoms with E-state index in [1.807, 2.05) is 30.3 Å². The van der Waals surface area contributed by atoms with Gasteiger partial charge in [-0.1, -0.05) is 41.9 Å². The Morgan fingerprint density at radius 2 is 1.89 bits per heavy atom. The fourth-order valence-corrected chi connectivity index (χ4v) is 2.42. The van der Waals surface area contributed by atoms with Gasteiger partial charge in [0.2, 0.25) is 0 Å². The maximum absolute atomic E-state index is 6.19. The van der Waals surface area contributed by atoms with Crippen LogP contribution in [-0.4, -0.2) is 19.9 Å². The summed E-state index contributed by atoms with van der Waals surface area (Å²) in [6.07, 6.45) is 3.39. The van der Waals surface area contributed by atoms with Crippen molar-refractivity contribution in [3.8, 4) is 22.9 Å². The molecule has 6 heteroatoms. The van der Waals surface area contributed by atoms with Crippen LogP contribution in [0.2, 0.25) is 5.15 Å². The van der Waals surface area contributed by atoms with Crippen LogP contribution in [0, 0.1) is 3.57 Å². The number of hydrogen-bond acceptors (Lipinski definition) is 3. The Hall–Kier alpha value is -1.47. The number of aromatic nitrogens is 4. The highest BCUT2D eigenvalue weighted by molar-refractivity contribution is 14.1. The third-order valence-corrected chi connectivity index (χ3v) is 4.18. The number of nitrogens with one attached hydrogen (secondary N) is 1. The molecule has 3 rings (SSSR count). The smallest absolute Gasteiger partial charge is 0.197 e. The van der Waals surface area contributed by atoms with E-state index in [1.165, 1.54) is 0 Å². The summed E-state index contributed by atoms with van der Waals surface area (Å²) in [7, 11) is 0. The lowest BCUT2D eigenvalue weighted by Gasteiger charge is -2.07. The van der Waals surface area contributed by atoms with Gasteiger partial charge in [0.15, 0.2) is 11.6 Å². The maximum atomic E-state index is 6.19. The molecule has 0 saturated carbocycles. The average molecular weight is 383 g/mol. The second kappa shape index (κ2) is 5.26. The first-order valence-corrected chi connectivity index (χ1v) is 6.99. The molecule has 19 heavy (non-hydrogen) atoms. The maximum Gasteiger partial charge on any atom is 0.197 e. The largest absolute Gasteiger partial charge is 0.342 e. The first-order chi connectivity index (χ1) is 9.25. The van der Waals surface area contributed by atoms with Crippen molar-refractivity contribution in [2.75, 3.05) is 0 Å². The van der Waals surface area contributed by atoms with Crippen molar-refractivity contribution in [1.82, 2.24) is 19.9 Å². The minimum atomic E-state index is 0.431. The lowest BCUT2D eigenvalue weighted by atomic mass is 10.1. The van der Waals surface area contributed by atoms with Gasteiger partial charge in [0, 0.05) is 18.0 Å². The highest BCUT2D eigenvalue weighted by Gasteiger charge is 2.14. The SMILES string of the molecule is Clc1nc(-c2ncc[nH]2)nc(-c2ccccc2)c1I. The van der Waals surface area contributed by atoms with E-state index < -0.39 is 0 Å². The first-order valence-electron chi connectivity index (χ1n) is 5.54. The number of aromatic amines is 1. The van der Waals surface area contributed by atoms with Gasteiger partial charge < -0.3 is 4.98 Å². The van der Waals surface area contributed by atoms with E-state index in [1.54, 1.807) is 12.4 Å². The normalized spacial score (nSPS) is 10.6. The van der Waals surface area contributed by atoms with Crippen molar-refractivity contribution in [2.24, 2.45) is 0 Å². The molecule has 0 aliphatic carbocycles. The van der Waals surface area contributed by atoms with Crippen LogP contribution in [0.25, 0.3) is 22.9 Å². The zero-order valence-corrected chi connectivity index (χ0v) is 12.6. The summed E-state index contributed by atoms with van der Waals surface area (Å²) in [5.74, 6) is 1.10. The van der Waals surface area contributed by atoms with Gasteiger partial charge in [-0.25, -0.2) is 15.0 Å². The monoisotopic (exact) mass is 382 g/mol. The molecule has 2 aromatic heterocycles. The van der Waals surface area contributed by atoms with Crippen molar-refractivity contribution in [3.05, 3.63) is 51.4 Å². The van der Waals surface area contributed by atoms with Crippen LogP contribution in [0.15, 0.2) is 42.7 Å². The van der Waals surface area contributed by atoms with E-state index >= 15 is 0 Å². The van der Waals surface area contributed by atoms with Crippen molar-refractivity contribution in [2.45, 2.75) is 0 Å². The van der Waals surface area contributed by atoms with Crippen LogP contribution in [0.4, 0.5) is 0 Å². The molecule has 94 valence electrons. The summed E-state index contributed by atoms with van der Waals surface area (Å²) in [4.78, 5) is 15.9. The van der Waals surface area contributed by atoms with Gasteiger partial charge in [-0.05, 0) is 22.6 Å². The Bertz CT molecular complexity index is 698. The van der Waals surface area contributed by atoms with Gasteiger partial charge >= 0.3 is 0 Å². The van der Waals surface area contributed by atoms with Crippen molar-refractivity contribution in [3.63, 3.8) is 0 Å². The van der Waals surface area contributed by atoms with Crippen LogP contribution < -0.4 is 0 Å². The standard InChI is InChI=1S/C13H8ClIN4/c14-11-9(15)10(8-4-2-1-3-5-8)18-13(19-11)12-16-6-7-17-12/h1-7H,(H,16,17). The molecule has 0 atom stereocenters. The topological polar surface area (TPSA) is 54.5 Å². The molecule has 0 bridgehead atoms. The first kappa shape index (κ1) is 12.6. The minimum Gasteiger partial charge on any atom is -0.342 e. The highest BCUT2D eigenvalue weighted by atomic mass is 127. The molecule has 3 aromatic rings. The van der Waals surface area contributed by atoms with Gasteiger partial charge in [0.05, 0.1) is 9.26 Å². The predicted octanol–water partition coefficient (Wildman–Crippen LogP) is 3.79. The molecule has 1 N–H and O–H groups in total. The zero-order valence-electron chi connectivity index (χ0n) is 9.64. The third-order valence-electron chi connectivity index (χ3n) is 2.57. The number of hydrogen-bond donors (Lipinski definition) is 1. The fourth-order valence-electron chi connectivity index (χ4n) is 1.70. The molecule has 4 nitrogen and oxygen atoms in total. The Morgan fingerprint density at radius 1 is 1.11 bits per heavy atom. The molecular formula is C13H8ClIN4. The van der Waals surface area contributed by atoms with Crippen molar-refractivity contribution >= 4 is 34.2 Å². The van der Waals surface area contributed by atoms with E-state index in [0.717, 1.165) is 14.8 Å². The van der Waals surface area contributed by atoms with Gasteiger partial charge in [-0.3, -0.25) is 0 Å². The summed E-state index contributed by atoms with van der Waals surface area (Å²) in [5, 5.41) is 0.431. The molecule has 1 aromatic carbocycles. The van der Waals surface area contributed by atoms with Crippen LogP contribution >= 0.6 is 34.2 Å². The summed E-state index contributed by atoms with van der Waals surface area (Å²) < 4.78 is 0.834. The molecule has 0 spiro atoms. The van der Waals surface area contributed by atoms with Crippen LogP contribution in [0.1, 0.15) is 0 Å². The molecule has 0 saturated heterocycles. The number of nitrogens with zero attached hydrogens (tertiary/aromatic N) is 3. The summed E-state index contributed by atoms with van der Waals surface area (Å²) >= 11 is 8.34. The molecule has 2 heterocycles. The Labute approximate surface area is 128 Å². The van der Waals surface area contributed by atoms with E-state index in [0.29, 0.717) is 16.8 Å². The quantitative estimate of drug-likeness (QED) is 0.542. The Morgan fingerprint density at radius 3 is 2.58 bits per heavy atom. The lowest BCUT2D eigenvalue weighted by Crippen LogP contribution is -1.98. The van der Waals surface area contributed by atoms with Gasteiger partial charge in [-0.15, -0.1) is 0 Å². The van der Waals surface area contributed by atoms with Crippen LogP contribution in [-0.2, 0) is 0 Å². The molecule has 0 aliphatic heterocycles. The average Bonchev–Trinajstić information content (AvgIpc) is 2.97. The second-order valence-electron chi connectivity index (χ2n) is 3.80. The van der Waals surface area contributed by atoms with E-state index in [9.17, 15) is 0 Å². The zero-order chi connectivity index (χ0) is 13.2. The van der Waals surface area contributed by atoms with Gasteiger partial charge in [-0.2, -0.15) is 0 Å². The molecule has 0 aliphatic rings. The van der Waals surface area contributed by atoms with Gasteiger partial charge in [0.25, 0.3) is 0 Å². The van der Waals surface area contributed by atoms with Crippen LogP contribution in [0.5, 0.6) is 0 Å². The van der Waals surface area contributed by atoms with E-state index in [-0.39, 0.29) is 0 Å². The molecule has 0 amide bonds. The second-order valence-corrected chi connectivity index (χ2v) is 5.24. The number of rotatable bonds is 2. The van der Waals surface area contributed by atoms with E-state index in [4.69, 9.17) is 11.6 Å². The molecule has 0 radical (unpaired) electrons. The number of benzene rings is 1. The Balaban J connectivity index is 2.20. The number of imidazole rings is 1. The summed E-state index contributed by atoms with van der Waals surface area (Å²) in [6, 6.07) is 9.88. The van der Waals surface area contributed by atoms with Gasteiger partial charge in [0.1, 0.15) is 5.15 Å². The Kier molecular flexibility index (Phi) is 3.48. The molecule has 0 fully saturated rings. The number of H-pyrrole nitrogens is 1. The van der Waals surface area contributed by atoms with Crippen LogP contribution in [0.3, 0.4) is 0 Å². The lowest BCUT2D eigenvalue weighted by molar-refractivity contribution is 1.11. The number of halogens is 2. The third kappa shape index (κ3) is 2.48. The summed E-state index contributed by atoms with van der Waals surface area (Å²) in [5.41, 5.74) is 1.82. The fraction of sp³-hybridized carbons (Fsp3) is 0. The molecule has 0 unspecified atom stereocenters. The van der Waals surface area contributed by atoms with Crippen molar-refractivity contribution in [1.29, 1.82) is 0 Å². The molecular weight excluding hydrogens is 375 g/mol.